The lowest BCUT2D eigenvalue weighted by molar-refractivity contribution is -0.151. The molecule has 0 spiro atoms. The highest BCUT2D eigenvalue weighted by atomic mass is 19.1. The lowest BCUT2D eigenvalue weighted by Crippen LogP contribution is -2.49. The van der Waals surface area contributed by atoms with Crippen LogP contribution in [0.15, 0.2) is 18.2 Å². The van der Waals surface area contributed by atoms with Gasteiger partial charge in [-0.3, -0.25) is 4.90 Å². The largest absolute Gasteiger partial charge is 0.480 e. The van der Waals surface area contributed by atoms with Gasteiger partial charge in [0.05, 0.1) is 0 Å². The summed E-state index contributed by atoms with van der Waals surface area (Å²) in [5, 5.41) is 9.41. The maximum atomic E-state index is 13.2. The molecule has 1 atom stereocenters. The highest BCUT2D eigenvalue weighted by Crippen LogP contribution is 2.29. The van der Waals surface area contributed by atoms with E-state index in [4.69, 9.17) is 0 Å². The number of hydrogen-bond acceptors (Lipinski definition) is 2. The van der Waals surface area contributed by atoms with Gasteiger partial charge in [0.15, 0.2) is 0 Å². The fraction of sp³-hybridized carbons (Fsp3) is 0.462. The van der Waals surface area contributed by atoms with Gasteiger partial charge in [0.25, 0.3) is 0 Å². The van der Waals surface area contributed by atoms with Crippen LogP contribution in [-0.2, 0) is 10.3 Å². The first-order valence-electron chi connectivity index (χ1n) is 5.81. The van der Waals surface area contributed by atoms with Crippen molar-refractivity contribution in [3.8, 4) is 0 Å². The van der Waals surface area contributed by atoms with Gasteiger partial charge in [0, 0.05) is 6.07 Å². The molecule has 0 radical (unpaired) electrons. The van der Waals surface area contributed by atoms with Crippen LogP contribution in [-0.4, -0.2) is 29.1 Å². The molecule has 0 saturated heterocycles. The molecule has 0 amide bonds. The Labute approximate surface area is 105 Å². The summed E-state index contributed by atoms with van der Waals surface area (Å²) in [6, 6.07) is 2.86. The minimum atomic E-state index is -1.44. The van der Waals surface area contributed by atoms with E-state index < -0.39 is 23.1 Å². The van der Waals surface area contributed by atoms with Crippen LogP contribution in [0.2, 0.25) is 0 Å². The number of nitrogens with zero attached hydrogens (tertiary/aromatic N) is 1. The van der Waals surface area contributed by atoms with Crippen LogP contribution in [0.25, 0.3) is 0 Å². The number of carboxylic acids is 1. The molecule has 1 unspecified atom stereocenters. The van der Waals surface area contributed by atoms with Gasteiger partial charge in [-0.15, -0.1) is 0 Å². The van der Waals surface area contributed by atoms with E-state index >= 15 is 0 Å². The fourth-order valence-electron chi connectivity index (χ4n) is 2.13. The first-order valence-corrected chi connectivity index (χ1v) is 5.81. The van der Waals surface area contributed by atoms with Crippen molar-refractivity contribution in [2.24, 2.45) is 0 Å². The molecule has 0 saturated carbocycles. The number of rotatable bonds is 5. The molecule has 1 aromatic rings. The second kappa shape index (κ2) is 5.44. The molecule has 1 rings (SSSR count). The predicted molar refractivity (Wildman–Crippen MR) is 64.3 cm³/mol. The van der Waals surface area contributed by atoms with Crippen LogP contribution >= 0.6 is 0 Å². The van der Waals surface area contributed by atoms with E-state index in [9.17, 15) is 18.7 Å². The van der Waals surface area contributed by atoms with Crippen molar-refractivity contribution >= 4 is 5.97 Å². The summed E-state index contributed by atoms with van der Waals surface area (Å²) >= 11 is 0. The predicted octanol–water partition coefficient (Wildman–Crippen LogP) is 2.61. The van der Waals surface area contributed by atoms with Gasteiger partial charge >= 0.3 is 5.97 Å². The Morgan fingerprint density at radius 1 is 1.22 bits per heavy atom. The highest BCUT2D eigenvalue weighted by molar-refractivity contribution is 5.80. The second-order valence-corrected chi connectivity index (χ2v) is 4.21. The Kier molecular flexibility index (Phi) is 4.40. The molecule has 0 aliphatic rings. The molecule has 0 heterocycles. The minimum Gasteiger partial charge on any atom is -0.480 e. The Balaban J connectivity index is 3.39. The SMILES string of the molecule is CCN(CC)C(C)(C(=O)O)c1cc(F)cc(F)c1. The van der Waals surface area contributed by atoms with E-state index in [1.165, 1.54) is 6.92 Å². The van der Waals surface area contributed by atoms with E-state index in [1.54, 1.807) is 18.7 Å². The van der Waals surface area contributed by atoms with Crippen molar-refractivity contribution in [1.29, 1.82) is 0 Å². The number of benzene rings is 1. The van der Waals surface area contributed by atoms with Crippen molar-refractivity contribution in [2.45, 2.75) is 26.3 Å². The number of aliphatic carboxylic acids is 1. The van der Waals surface area contributed by atoms with E-state index in [-0.39, 0.29) is 5.56 Å². The number of hydrogen-bond donors (Lipinski definition) is 1. The van der Waals surface area contributed by atoms with Crippen LogP contribution < -0.4 is 0 Å². The monoisotopic (exact) mass is 257 g/mol. The molecule has 0 bridgehead atoms. The average Bonchev–Trinajstić information content (AvgIpc) is 2.28. The van der Waals surface area contributed by atoms with Crippen molar-refractivity contribution in [3.63, 3.8) is 0 Å². The Hall–Kier alpha value is -1.49. The van der Waals surface area contributed by atoms with Crippen LogP contribution in [0.1, 0.15) is 26.3 Å². The third-order valence-corrected chi connectivity index (χ3v) is 3.24. The molecule has 0 aliphatic heterocycles. The lowest BCUT2D eigenvalue weighted by Gasteiger charge is -2.37. The van der Waals surface area contributed by atoms with E-state index in [2.05, 4.69) is 0 Å². The third kappa shape index (κ3) is 2.51. The summed E-state index contributed by atoms with van der Waals surface area (Å²) in [7, 11) is 0. The maximum Gasteiger partial charge on any atom is 0.328 e. The quantitative estimate of drug-likeness (QED) is 0.881. The molecular weight excluding hydrogens is 240 g/mol. The zero-order valence-corrected chi connectivity index (χ0v) is 10.7. The zero-order chi connectivity index (χ0) is 13.9. The van der Waals surface area contributed by atoms with Gasteiger partial charge in [-0.05, 0) is 37.7 Å². The average molecular weight is 257 g/mol. The zero-order valence-electron chi connectivity index (χ0n) is 10.7. The Morgan fingerprint density at radius 2 is 1.67 bits per heavy atom. The number of halogens is 2. The van der Waals surface area contributed by atoms with Gasteiger partial charge in [0.1, 0.15) is 17.2 Å². The molecule has 0 fully saturated rings. The molecule has 18 heavy (non-hydrogen) atoms. The molecule has 3 nitrogen and oxygen atoms in total. The van der Waals surface area contributed by atoms with E-state index in [0.29, 0.717) is 13.1 Å². The van der Waals surface area contributed by atoms with Crippen molar-refractivity contribution in [3.05, 3.63) is 35.4 Å². The molecule has 0 aliphatic carbocycles. The van der Waals surface area contributed by atoms with Crippen molar-refractivity contribution < 1.29 is 18.7 Å². The summed E-state index contributed by atoms with van der Waals surface area (Å²) in [4.78, 5) is 13.2. The normalized spacial score (nSPS) is 14.6. The highest BCUT2D eigenvalue weighted by Gasteiger charge is 2.40. The summed E-state index contributed by atoms with van der Waals surface area (Å²) in [6.45, 7) is 6.01. The second-order valence-electron chi connectivity index (χ2n) is 4.21. The van der Waals surface area contributed by atoms with E-state index in [1.807, 2.05) is 0 Å². The first kappa shape index (κ1) is 14.6. The summed E-state index contributed by atoms with van der Waals surface area (Å²) in [5.74, 6) is -2.68. The summed E-state index contributed by atoms with van der Waals surface area (Å²) in [6.07, 6.45) is 0. The Morgan fingerprint density at radius 3 is 2.00 bits per heavy atom. The van der Waals surface area contributed by atoms with Gasteiger partial charge in [-0.25, -0.2) is 13.6 Å². The summed E-state index contributed by atoms with van der Waals surface area (Å²) < 4.78 is 26.5. The fourth-order valence-corrected chi connectivity index (χ4v) is 2.13. The minimum absolute atomic E-state index is 0.108. The van der Waals surface area contributed by atoms with Gasteiger partial charge in [0.2, 0.25) is 0 Å². The number of carbonyl (C=O) groups is 1. The van der Waals surface area contributed by atoms with E-state index in [0.717, 1.165) is 18.2 Å². The van der Waals surface area contributed by atoms with Crippen molar-refractivity contribution in [1.82, 2.24) is 4.90 Å². The molecule has 1 aromatic carbocycles. The molecular formula is C13H17F2NO2. The van der Waals surface area contributed by atoms with Crippen LogP contribution in [0.5, 0.6) is 0 Å². The van der Waals surface area contributed by atoms with Gasteiger partial charge in [-0.1, -0.05) is 13.8 Å². The van der Waals surface area contributed by atoms with Crippen molar-refractivity contribution in [2.75, 3.05) is 13.1 Å². The van der Waals surface area contributed by atoms with Crippen LogP contribution in [0.3, 0.4) is 0 Å². The molecule has 5 heteroatoms. The van der Waals surface area contributed by atoms with Crippen LogP contribution in [0, 0.1) is 11.6 Å². The lowest BCUT2D eigenvalue weighted by atomic mass is 9.89. The number of carboxylic acid groups (broad SMARTS) is 1. The maximum absolute atomic E-state index is 13.2. The molecule has 1 N–H and O–H groups in total. The first-order chi connectivity index (χ1) is 8.36. The topological polar surface area (TPSA) is 40.5 Å². The smallest absolute Gasteiger partial charge is 0.328 e. The molecule has 100 valence electrons. The number of likely N-dealkylation sites (N-methyl/N-ethyl adjacent to an activating group) is 1. The summed E-state index contributed by atoms with van der Waals surface area (Å²) in [5.41, 5.74) is -1.33. The molecule has 0 aromatic heterocycles. The van der Waals surface area contributed by atoms with Gasteiger partial charge < -0.3 is 5.11 Å². The standard InChI is InChI=1S/C13H17F2NO2/c1-4-16(5-2)13(3,12(17)18)9-6-10(14)8-11(15)7-9/h6-8H,4-5H2,1-3H3,(H,17,18). The van der Waals surface area contributed by atoms with Crippen LogP contribution in [0.4, 0.5) is 8.78 Å². The van der Waals surface area contributed by atoms with Gasteiger partial charge in [-0.2, -0.15) is 0 Å². The third-order valence-electron chi connectivity index (χ3n) is 3.24. The Bertz CT molecular complexity index is 426.